The third kappa shape index (κ3) is 5.97. The summed E-state index contributed by atoms with van der Waals surface area (Å²) in [6.45, 7) is 0.565. The number of hydrogen-bond acceptors (Lipinski definition) is 7. The lowest BCUT2D eigenvalue weighted by atomic mass is 9.95. The molecule has 1 saturated heterocycles. The van der Waals surface area contributed by atoms with Gasteiger partial charge in [-0.15, -0.1) is 0 Å². The summed E-state index contributed by atoms with van der Waals surface area (Å²) < 4.78 is 94.6. The van der Waals surface area contributed by atoms with Crippen molar-refractivity contribution in [2.24, 2.45) is 0 Å². The first kappa shape index (κ1) is 29.4. The molecule has 0 radical (unpaired) electrons. The van der Waals surface area contributed by atoms with Crippen LogP contribution in [0.5, 0.6) is 0 Å². The zero-order valence-electron chi connectivity index (χ0n) is 20.9. The quantitative estimate of drug-likeness (QED) is 0.481. The first-order chi connectivity index (χ1) is 18.1. The molecule has 1 aliphatic heterocycles. The van der Waals surface area contributed by atoms with E-state index in [1.165, 1.54) is 34.6 Å². The van der Waals surface area contributed by atoms with Crippen molar-refractivity contribution in [1.82, 2.24) is 4.31 Å². The highest BCUT2D eigenvalue weighted by Gasteiger charge is 2.51. The maximum Gasteiger partial charge on any atom is 0.421 e. The standard InChI is InChI=1S/C26H27F3N2O5S3/c1-25(32,26(27,28)29)19-11-13-20(14-12-19)31-16-15-30(39(35,36)24-10-6-5-9-23(24)37)17-21(31)18-38(33,34)22-7-3-2-4-8-22/h2-8,10-14,21,32H,9,15-18H2,1H3/t21-,25+/m1/s1. The van der Waals surface area contributed by atoms with Crippen molar-refractivity contribution < 1.29 is 35.1 Å². The summed E-state index contributed by atoms with van der Waals surface area (Å²) in [5, 5.41) is 10.0. The van der Waals surface area contributed by atoms with Crippen molar-refractivity contribution in [1.29, 1.82) is 0 Å². The highest BCUT2D eigenvalue weighted by atomic mass is 32.2. The molecule has 1 N–H and O–H groups in total. The molecule has 2 atom stereocenters. The zero-order valence-corrected chi connectivity index (χ0v) is 23.3. The molecule has 2 aromatic rings. The Morgan fingerprint density at radius 2 is 1.64 bits per heavy atom. The predicted octanol–water partition coefficient (Wildman–Crippen LogP) is 3.96. The van der Waals surface area contributed by atoms with Crippen molar-refractivity contribution in [2.75, 3.05) is 30.3 Å². The summed E-state index contributed by atoms with van der Waals surface area (Å²) in [7, 11) is -7.87. The number of alkyl halides is 3. The molecule has 1 aliphatic carbocycles. The molecule has 1 fully saturated rings. The zero-order chi connectivity index (χ0) is 28.6. The van der Waals surface area contributed by atoms with Crippen LogP contribution < -0.4 is 4.90 Å². The Bertz CT molecular complexity index is 1500. The van der Waals surface area contributed by atoms with Gasteiger partial charge in [-0.3, -0.25) is 0 Å². The highest BCUT2D eigenvalue weighted by molar-refractivity contribution is 7.96. The molecule has 4 rings (SSSR count). The van der Waals surface area contributed by atoms with E-state index in [1.807, 2.05) is 0 Å². The first-order valence-corrected chi connectivity index (χ1v) is 15.5. The molecule has 0 saturated carbocycles. The Balaban J connectivity index is 1.68. The first-order valence-electron chi connectivity index (χ1n) is 12.0. The van der Waals surface area contributed by atoms with E-state index in [4.69, 9.17) is 12.2 Å². The van der Waals surface area contributed by atoms with Gasteiger partial charge in [0.1, 0.15) is 0 Å². The number of piperazine rings is 1. The van der Waals surface area contributed by atoms with Crippen LogP contribution in [0.4, 0.5) is 18.9 Å². The van der Waals surface area contributed by atoms with E-state index in [0.717, 1.165) is 12.1 Å². The van der Waals surface area contributed by atoms with E-state index in [0.29, 0.717) is 19.0 Å². The van der Waals surface area contributed by atoms with Gasteiger partial charge in [0.15, 0.2) is 15.4 Å². The average molecular weight is 601 g/mol. The molecule has 0 bridgehead atoms. The summed E-state index contributed by atoms with van der Waals surface area (Å²) in [5.74, 6) is -0.436. The third-order valence-corrected chi connectivity index (χ3v) is 11.1. The minimum absolute atomic E-state index is 0.00292. The SMILES string of the molecule is C[C@](O)(c1ccc(N2CCN(S(=O)(=O)C3=CC=CCC3=S)C[C@@H]2CS(=O)(=O)c2ccccc2)cc1)C(F)(F)F. The number of allylic oxidation sites excluding steroid dienone is 4. The number of hydrogen-bond donors (Lipinski definition) is 1. The molecule has 39 heavy (non-hydrogen) atoms. The molecule has 2 aromatic carbocycles. The molecule has 13 heteroatoms. The molecule has 0 aromatic heterocycles. The second-order valence-electron chi connectivity index (χ2n) is 9.51. The van der Waals surface area contributed by atoms with Gasteiger partial charge >= 0.3 is 6.18 Å². The fourth-order valence-electron chi connectivity index (χ4n) is 4.54. The van der Waals surface area contributed by atoms with Gasteiger partial charge < -0.3 is 10.0 Å². The number of nitrogens with zero attached hydrogens (tertiary/aromatic N) is 2. The Morgan fingerprint density at radius 3 is 2.23 bits per heavy atom. The van der Waals surface area contributed by atoms with Gasteiger partial charge in [0.25, 0.3) is 0 Å². The van der Waals surface area contributed by atoms with Gasteiger partial charge in [0, 0.05) is 36.6 Å². The van der Waals surface area contributed by atoms with Crippen molar-refractivity contribution in [3.05, 3.63) is 83.3 Å². The summed E-state index contributed by atoms with van der Waals surface area (Å²) in [5.41, 5.74) is -3.05. The van der Waals surface area contributed by atoms with Gasteiger partial charge in [0.05, 0.1) is 21.6 Å². The van der Waals surface area contributed by atoms with Gasteiger partial charge in [0.2, 0.25) is 10.0 Å². The number of anilines is 1. The van der Waals surface area contributed by atoms with Crippen LogP contribution in [0.15, 0.2) is 82.6 Å². The minimum atomic E-state index is -4.90. The molecular weight excluding hydrogens is 573 g/mol. The Morgan fingerprint density at radius 1 is 1.00 bits per heavy atom. The van der Waals surface area contributed by atoms with Gasteiger partial charge in [-0.1, -0.05) is 54.7 Å². The van der Waals surface area contributed by atoms with E-state index < -0.39 is 43.4 Å². The van der Waals surface area contributed by atoms with Gasteiger partial charge in [-0.25, -0.2) is 16.8 Å². The monoisotopic (exact) mass is 600 g/mol. The maximum absolute atomic E-state index is 13.5. The largest absolute Gasteiger partial charge is 0.421 e. The van der Waals surface area contributed by atoms with E-state index >= 15 is 0 Å². The van der Waals surface area contributed by atoms with E-state index in [1.54, 1.807) is 35.3 Å². The second-order valence-corrected chi connectivity index (χ2v) is 13.9. The van der Waals surface area contributed by atoms with Crippen LogP contribution in [0.1, 0.15) is 18.9 Å². The van der Waals surface area contributed by atoms with Crippen LogP contribution in [0.25, 0.3) is 0 Å². The molecule has 210 valence electrons. The van der Waals surface area contributed by atoms with Crippen LogP contribution in [0, 0.1) is 0 Å². The Labute approximate surface area is 231 Å². The fourth-order valence-corrected chi connectivity index (χ4v) is 8.17. The molecule has 0 amide bonds. The summed E-state index contributed by atoms with van der Waals surface area (Å²) in [6, 6.07) is 11.9. The molecular formula is C26H27F3N2O5S3. The van der Waals surface area contributed by atoms with E-state index in [-0.39, 0.29) is 39.9 Å². The number of rotatable bonds is 7. The lowest BCUT2D eigenvalue weighted by molar-refractivity contribution is -0.258. The predicted molar refractivity (Wildman–Crippen MR) is 147 cm³/mol. The third-order valence-electron chi connectivity index (χ3n) is 6.85. The summed E-state index contributed by atoms with van der Waals surface area (Å²) in [4.78, 5) is 2.01. The van der Waals surface area contributed by atoms with Crippen LogP contribution in [-0.2, 0) is 25.5 Å². The minimum Gasteiger partial charge on any atom is -0.376 e. The van der Waals surface area contributed by atoms with Gasteiger partial charge in [-0.05, 0) is 42.8 Å². The number of benzene rings is 2. The summed E-state index contributed by atoms with van der Waals surface area (Å²) >= 11 is 5.26. The van der Waals surface area contributed by atoms with Crippen LogP contribution in [0.3, 0.4) is 0 Å². The number of sulfone groups is 1. The fraction of sp³-hybridized carbons (Fsp3) is 0.346. The second kappa shape index (κ2) is 10.8. The number of aliphatic hydroxyl groups is 1. The van der Waals surface area contributed by atoms with Crippen molar-refractivity contribution in [3.8, 4) is 0 Å². The Hall–Kier alpha value is -2.58. The van der Waals surface area contributed by atoms with E-state index in [2.05, 4.69) is 0 Å². The normalized spacial score (nSPS) is 20.9. The van der Waals surface area contributed by atoms with Crippen molar-refractivity contribution in [3.63, 3.8) is 0 Å². The average Bonchev–Trinajstić information content (AvgIpc) is 2.88. The molecule has 2 aliphatic rings. The molecule has 1 heterocycles. The number of sulfonamides is 1. The smallest absolute Gasteiger partial charge is 0.376 e. The van der Waals surface area contributed by atoms with Gasteiger partial charge in [-0.2, -0.15) is 17.5 Å². The Kier molecular flexibility index (Phi) is 8.12. The molecule has 0 unspecified atom stereocenters. The van der Waals surface area contributed by atoms with E-state index in [9.17, 15) is 35.1 Å². The maximum atomic E-state index is 13.5. The number of thiocarbonyl (C=S) groups is 1. The molecule has 7 nitrogen and oxygen atoms in total. The number of halogens is 3. The van der Waals surface area contributed by atoms with Crippen molar-refractivity contribution >= 4 is 42.6 Å². The molecule has 0 spiro atoms. The summed E-state index contributed by atoms with van der Waals surface area (Å²) in [6.07, 6.45) is 0.182. The van der Waals surface area contributed by atoms with Crippen molar-refractivity contribution in [2.45, 2.75) is 36.1 Å². The van der Waals surface area contributed by atoms with Crippen LogP contribution in [-0.4, -0.2) is 68.7 Å². The lowest BCUT2D eigenvalue weighted by Crippen LogP contribution is -2.57. The van der Waals surface area contributed by atoms with Crippen LogP contribution in [0.2, 0.25) is 0 Å². The lowest BCUT2D eigenvalue weighted by Gasteiger charge is -2.42. The topological polar surface area (TPSA) is 95.0 Å². The highest BCUT2D eigenvalue weighted by Crippen LogP contribution is 2.39. The van der Waals surface area contributed by atoms with Crippen LogP contribution >= 0.6 is 12.2 Å².